The molecule has 2 heterocycles. The molecule has 1 fully saturated rings. The van der Waals surface area contributed by atoms with E-state index in [9.17, 15) is 14.9 Å². The van der Waals surface area contributed by atoms with Crippen molar-refractivity contribution in [3.8, 4) is 0 Å². The lowest BCUT2D eigenvalue weighted by Crippen LogP contribution is -2.31. The molecule has 0 bridgehead atoms. The average molecular weight is 434 g/mol. The zero-order chi connectivity index (χ0) is 19.6. The maximum absolute atomic E-state index is 12.7. The number of benzene rings is 1. The molecule has 8 nitrogen and oxygen atoms in total. The van der Waals surface area contributed by atoms with Crippen LogP contribution in [0.1, 0.15) is 22.3 Å². The molecule has 1 aliphatic heterocycles. The number of nitrogens with zero attached hydrogens (tertiary/aromatic N) is 3. The van der Waals surface area contributed by atoms with Crippen LogP contribution in [0, 0.1) is 17.0 Å². The number of nitro benzene ring substituents is 1. The Bertz CT molecular complexity index is 889. The van der Waals surface area contributed by atoms with E-state index in [0.29, 0.717) is 28.8 Å². The summed E-state index contributed by atoms with van der Waals surface area (Å²) in [6, 6.07) is 5.04. The summed E-state index contributed by atoms with van der Waals surface area (Å²) in [4.78, 5) is 29.5. The Labute approximate surface area is 165 Å². The quantitative estimate of drug-likeness (QED) is 0.553. The summed E-state index contributed by atoms with van der Waals surface area (Å²) >= 11 is 3.30. The van der Waals surface area contributed by atoms with Gasteiger partial charge in [0.15, 0.2) is 0 Å². The number of nitro groups is 1. The van der Waals surface area contributed by atoms with Gasteiger partial charge in [0.1, 0.15) is 5.69 Å². The molecule has 3 rings (SSSR count). The van der Waals surface area contributed by atoms with Crippen LogP contribution in [0.3, 0.4) is 0 Å². The second-order valence-electron chi connectivity index (χ2n) is 6.47. The molecule has 0 spiro atoms. The molecule has 1 aromatic carbocycles. The van der Waals surface area contributed by atoms with Crippen LogP contribution in [0.15, 0.2) is 35.1 Å². The second-order valence-corrected chi connectivity index (χ2v) is 7.38. The highest BCUT2D eigenvalue weighted by Crippen LogP contribution is 2.33. The van der Waals surface area contributed by atoms with E-state index in [1.54, 1.807) is 30.4 Å². The number of carbonyl (C=O) groups excluding carboxylic acids is 1. The van der Waals surface area contributed by atoms with E-state index in [4.69, 9.17) is 0 Å². The van der Waals surface area contributed by atoms with Gasteiger partial charge in [-0.15, -0.1) is 0 Å². The normalized spacial score (nSPS) is 16.3. The molecular formula is C18H20BrN5O3. The fourth-order valence-corrected chi connectivity index (χ4v) is 3.76. The third-order valence-corrected chi connectivity index (χ3v) is 5.03. The molecule has 2 N–H and O–H groups in total. The minimum absolute atomic E-state index is 0.0255. The first-order valence-electron chi connectivity index (χ1n) is 8.52. The summed E-state index contributed by atoms with van der Waals surface area (Å²) in [5.74, 6) is -0.0917. The highest BCUT2D eigenvalue weighted by atomic mass is 79.9. The van der Waals surface area contributed by atoms with Crippen LogP contribution in [0.5, 0.6) is 0 Å². The molecule has 1 unspecified atom stereocenters. The average Bonchev–Trinajstić information content (AvgIpc) is 3.11. The van der Waals surface area contributed by atoms with Gasteiger partial charge in [-0.1, -0.05) is 15.9 Å². The number of hydrogen-bond donors (Lipinski definition) is 2. The zero-order valence-corrected chi connectivity index (χ0v) is 16.6. The maximum atomic E-state index is 12.7. The molecule has 1 aromatic heterocycles. The monoisotopic (exact) mass is 433 g/mol. The van der Waals surface area contributed by atoms with E-state index in [1.165, 1.54) is 6.07 Å². The van der Waals surface area contributed by atoms with Crippen LogP contribution >= 0.6 is 15.9 Å². The van der Waals surface area contributed by atoms with Crippen molar-refractivity contribution in [2.75, 3.05) is 30.8 Å². The van der Waals surface area contributed by atoms with Gasteiger partial charge in [-0.3, -0.25) is 19.9 Å². The Morgan fingerprint density at radius 1 is 1.37 bits per heavy atom. The largest absolute Gasteiger partial charge is 0.387 e. The van der Waals surface area contributed by atoms with Crippen molar-refractivity contribution in [2.24, 2.45) is 0 Å². The SMILES string of the molecule is CNc1cncc(C(=O)N2CCC(Nc3c(C)cc(Br)cc3[N+](=O)[O-])C2)c1. The first-order valence-corrected chi connectivity index (χ1v) is 9.31. The number of likely N-dealkylation sites (tertiary alicyclic amines) is 1. The molecule has 1 amide bonds. The number of pyridine rings is 1. The number of rotatable bonds is 5. The number of aryl methyl sites for hydroxylation is 1. The van der Waals surface area contributed by atoms with Gasteiger partial charge in [0.05, 0.1) is 16.2 Å². The Hall–Kier alpha value is -2.68. The second kappa shape index (κ2) is 7.91. The summed E-state index contributed by atoms with van der Waals surface area (Å²) in [5.41, 5.74) is 2.61. The molecule has 142 valence electrons. The number of nitrogens with one attached hydrogen (secondary N) is 2. The van der Waals surface area contributed by atoms with E-state index in [1.807, 2.05) is 13.0 Å². The molecule has 9 heteroatoms. The number of amides is 1. The summed E-state index contributed by atoms with van der Waals surface area (Å²) in [6.07, 6.45) is 3.92. The lowest BCUT2D eigenvalue weighted by molar-refractivity contribution is -0.384. The minimum Gasteiger partial charge on any atom is -0.387 e. The summed E-state index contributed by atoms with van der Waals surface area (Å²) < 4.78 is 0.664. The van der Waals surface area contributed by atoms with E-state index in [-0.39, 0.29) is 17.6 Å². The summed E-state index contributed by atoms with van der Waals surface area (Å²) in [6.45, 7) is 2.89. The molecule has 0 radical (unpaired) electrons. The third-order valence-electron chi connectivity index (χ3n) is 4.57. The van der Waals surface area contributed by atoms with E-state index in [0.717, 1.165) is 17.7 Å². The van der Waals surface area contributed by atoms with Gasteiger partial charge in [-0.2, -0.15) is 0 Å². The molecule has 1 saturated heterocycles. The predicted octanol–water partition coefficient (Wildman–Crippen LogP) is 3.43. The topological polar surface area (TPSA) is 100 Å². The van der Waals surface area contributed by atoms with Gasteiger partial charge < -0.3 is 15.5 Å². The van der Waals surface area contributed by atoms with Crippen LogP contribution in [-0.2, 0) is 0 Å². The molecule has 27 heavy (non-hydrogen) atoms. The minimum atomic E-state index is -0.396. The Balaban J connectivity index is 1.74. The van der Waals surface area contributed by atoms with E-state index < -0.39 is 4.92 Å². The van der Waals surface area contributed by atoms with Gasteiger partial charge in [-0.05, 0) is 31.0 Å². The van der Waals surface area contributed by atoms with E-state index in [2.05, 4.69) is 31.5 Å². The van der Waals surface area contributed by atoms with Gasteiger partial charge in [-0.25, -0.2) is 0 Å². The fraction of sp³-hybridized carbons (Fsp3) is 0.333. The smallest absolute Gasteiger partial charge is 0.293 e. The van der Waals surface area contributed by atoms with Crippen molar-refractivity contribution in [2.45, 2.75) is 19.4 Å². The number of anilines is 2. The van der Waals surface area contributed by atoms with Crippen LogP contribution in [-0.4, -0.2) is 46.9 Å². The highest BCUT2D eigenvalue weighted by Gasteiger charge is 2.29. The van der Waals surface area contributed by atoms with Crippen molar-refractivity contribution in [3.63, 3.8) is 0 Å². The standard InChI is InChI=1S/C18H20BrN5O3/c1-11-5-13(19)7-16(24(26)27)17(11)22-14-3-4-23(10-14)18(25)12-6-15(20-2)9-21-8-12/h5-9,14,20,22H,3-4,10H2,1-2H3. The highest BCUT2D eigenvalue weighted by molar-refractivity contribution is 9.10. The molecule has 0 saturated carbocycles. The van der Waals surface area contributed by atoms with Crippen molar-refractivity contribution < 1.29 is 9.72 Å². The van der Waals surface area contributed by atoms with Crippen LogP contribution < -0.4 is 10.6 Å². The van der Waals surface area contributed by atoms with Crippen molar-refractivity contribution in [1.82, 2.24) is 9.88 Å². The number of aromatic nitrogens is 1. The van der Waals surface area contributed by atoms with Crippen molar-refractivity contribution in [1.29, 1.82) is 0 Å². The summed E-state index contributed by atoms with van der Waals surface area (Å²) in [7, 11) is 1.77. The third kappa shape index (κ3) is 4.19. The van der Waals surface area contributed by atoms with Crippen LogP contribution in [0.2, 0.25) is 0 Å². The van der Waals surface area contributed by atoms with E-state index >= 15 is 0 Å². The predicted molar refractivity (Wildman–Crippen MR) is 107 cm³/mol. The first kappa shape index (κ1) is 19.1. The van der Waals surface area contributed by atoms with Gasteiger partial charge in [0.25, 0.3) is 11.6 Å². The molecule has 0 aliphatic carbocycles. The fourth-order valence-electron chi connectivity index (χ4n) is 3.20. The van der Waals surface area contributed by atoms with Gasteiger partial charge >= 0.3 is 0 Å². The van der Waals surface area contributed by atoms with Crippen molar-refractivity contribution in [3.05, 3.63) is 56.3 Å². The number of halogens is 1. The van der Waals surface area contributed by atoms with Gasteiger partial charge in [0.2, 0.25) is 0 Å². The number of carbonyl (C=O) groups is 1. The maximum Gasteiger partial charge on any atom is 0.293 e. The molecule has 1 atom stereocenters. The Kier molecular flexibility index (Phi) is 5.59. The number of hydrogen-bond acceptors (Lipinski definition) is 6. The zero-order valence-electron chi connectivity index (χ0n) is 15.0. The van der Waals surface area contributed by atoms with Crippen LogP contribution in [0.25, 0.3) is 0 Å². The first-order chi connectivity index (χ1) is 12.9. The molecule has 2 aromatic rings. The lowest BCUT2D eigenvalue weighted by atomic mass is 10.1. The summed E-state index contributed by atoms with van der Waals surface area (Å²) in [5, 5.41) is 17.6. The Morgan fingerprint density at radius 3 is 2.85 bits per heavy atom. The van der Waals surface area contributed by atoms with Gasteiger partial charge in [0, 0.05) is 49.1 Å². The van der Waals surface area contributed by atoms with Crippen molar-refractivity contribution >= 4 is 38.9 Å². The lowest BCUT2D eigenvalue weighted by Gasteiger charge is -2.19. The molecular weight excluding hydrogens is 414 g/mol. The molecule has 1 aliphatic rings. The van der Waals surface area contributed by atoms with Crippen LogP contribution in [0.4, 0.5) is 17.1 Å². The Morgan fingerprint density at radius 2 is 2.15 bits per heavy atom.